The highest BCUT2D eigenvalue weighted by molar-refractivity contribution is 5.83. The minimum absolute atomic E-state index is 0.117. The fourth-order valence-corrected chi connectivity index (χ4v) is 5.82. The predicted molar refractivity (Wildman–Crippen MR) is 153 cm³/mol. The van der Waals surface area contributed by atoms with E-state index in [0.29, 0.717) is 18.1 Å². The average molecular weight is 520 g/mol. The second-order valence-electron chi connectivity index (χ2n) is 10.9. The van der Waals surface area contributed by atoms with Gasteiger partial charge in [-0.1, -0.05) is 69.4 Å². The van der Waals surface area contributed by atoms with Crippen molar-refractivity contribution in [2.24, 2.45) is 5.92 Å². The largest absolute Gasteiger partial charge is 0.493 e. The number of rotatable bonds is 14. The number of ether oxygens (including phenoxy) is 3. The summed E-state index contributed by atoms with van der Waals surface area (Å²) in [6.07, 6.45) is 11.5. The molecule has 0 unspecified atom stereocenters. The zero-order valence-corrected chi connectivity index (χ0v) is 23.6. The van der Waals surface area contributed by atoms with Crippen LogP contribution in [-0.2, 0) is 22.5 Å². The molecule has 38 heavy (non-hydrogen) atoms. The van der Waals surface area contributed by atoms with Crippen LogP contribution in [0.15, 0.2) is 48.0 Å². The van der Waals surface area contributed by atoms with Crippen molar-refractivity contribution >= 4 is 11.7 Å². The van der Waals surface area contributed by atoms with Gasteiger partial charge in [-0.2, -0.15) is 0 Å². The number of unbranched alkanes of at least 4 members (excludes halogenated alkanes) is 5. The van der Waals surface area contributed by atoms with E-state index in [9.17, 15) is 4.79 Å². The molecular weight excluding hydrogens is 474 g/mol. The lowest BCUT2D eigenvalue weighted by molar-refractivity contribution is -0.136. The molecular formula is C33H45NO4. The Bertz CT molecular complexity index is 1070. The zero-order valence-electron chi connectivity index (χ0n) is 23.6. The molecule has 1 aliphatic carbocycles. The molecule has 0 amide bonds. The Balaban J connectivity index is 1.41. The summed E-state index contributed by atoms with van der Waals surface area (Å²) in [5.41, 5.74) is 4.76. The summed E-state index contributed by atoms with van der Waals surface area (Å²) in [5.74, 6) is 2.64. The van der Waals surface area contributed by atoms with Crippen LogP contribution in [-0.4, -0.2) is 38.2 Å². The quantitative estimate of drug-likeness (QED) is 0.190. The molecule has 0 N–H and O–H groups in total. The molecule has 0 spiro atoms. The van der Waals surface area contributed by atoms with Gasteiger partial charge in [0.15, 0.2) is 11.5 Å². The minimum Gasteiger partial charge on any atom is -0.493 e. The third-order valence-electron chi connectivity index (χ3n) is 8.02. The Morgan fingerprint density at radius 2 is 1.61 bits per heavy atom. The van der Waals surface area contributed by atoms with Crippen LogP contribution in [0, 0.1) is 5.92 Å². The van der Waals surface area contributed by atoms with Gasteiger partial charge in [-0.05, 0) is 79.9 Å². The number of esters is 1. The minimum atomic E-state index is -0.117. The van der Waals surface area contributed by atoms with E-state index in [1.807, 2.05) is 12.1 Å². The van der Waals surface area contributed by atoms with Crippen LogP contribution < -0.4 is 9.47 Å². The number of hydrogen-bond donors (Lipinski definition) is 0. The molecule has 1 heterocycles. The van der Waals surface area contributed by atoms with E-state index in [1.54, 1.807) is 14.2 Å². The summed E-state index contributed by atoms with van der Waals surface area (Å²) in [6.45, 7) is 5.45. The van der Waals surface area contributed by atoms with Crippen LogP contribution in [0.1, 0.15) is 87.8 Å². The molecule has 0 saturated carbocycles. The van der Waals surface area contributed by atoms with Crippen LogP contribution in [0.4, 0.5) is 0 Å². The molecule has 2 aromatic carbocycles. The lowest BCUT2D eigenvalue weighted by Gasteiger charge is -2.32. The number of carbonyl (C=O) groups excluding carboxylic acids is 1. The maximum atomic E-state index is 12.9. The van der Waals surface area contributed by atoms with Crippen molar-refractivity contribution in [2.45, 2.75) is 84.1 Å². The summed E-state index contributed by atoms with van der Waals surface area (Å²) in [4.78, 5) is 15.5. The van der Waals surface area contributed by atoms with Crippen molar-refractivity contribution in [3.63, 3.8) is 0 Å². The van der Waals surface area contributed by atoms with Crippen LogP contribution in [0.2, 0.25) is 0 Å². The number of benzene rings is 2. The predicted octanol–water partition coefficient (Wildman–Crippen LogP) is 7.57. The zero-order chi connectivity index (χ0) is 26.7. The summed E-state index contributed by atoms with van der Waals surface area (Å²) in [7, 11) is 3.31. The number of likely N-dealkylation sites (tertiary alicyclic amines) is 1. The first-order valence-corrected chi connectivity index (χ1v) is 14.6. The van der Waals surface area contributed by atoms with E-state index in [2.05, 4.69) is 42.2 Å². The van der Waals surface area contributed by atoms with E-state index >= 15 is 0 Å². The first kappa shape index (κ1) is 28.2. The maximum absolute atomic E-state index is 12.9. The highest BCUT2D eigenvalue weighted by atomic mass is 16.5. The van der Waals surface area contributed by atoms with Crippen LogP contribution >= 0.6 is 0 Å². The standard InChI is InChI=1S/C33H45NO4/c1-4-5-6-7-8-12-15-32(35)38-33-28(21-27-22-30(36-2)31(37-3)23-29(27)33)20-25-16-18-34(19-17-25)24-26-13-10-9-11-14-26/h9-11,13-14,22-23,25H,4-8,12,15-21,24H2,1-3H3. The lowest BCUT2D eigenvalue weighted by atomic mass is 9.89. The van der Waals surface area contributed by atoms with E-state index in [0.717, 1.165) is 80.8 Å². The number of piperidine rings is 1. The van der Waals surface area contributed by atoms with Crippen LogP contribution in [0.25, 0.3) is 5.76 Å². The van der Waals surface area contributed by atoms with Gasteiger partial charge >= 0.3 is 5.97 Å². The SMILES string of the molecule is CCCCCCCCC(=O)OC1=C(CC2CCN(Cc3ccccc3)CC2)Cc2cc(OC)c(OC)cc21. The van der Waals surface area contributed by atoms with E-state index in [-0.39, 0.29) is 5.97 Å². The number of allylic oxidation sites excluding steroid dienone is 1. The van der Waals surface area contributed by atoms with E-state index < -0.39 is 0 Å². The van der Waals surface area contributed by atoms with Gasteiger partial charge in [-0.3, -0.25) is 9.69 Å². The first-order valence-electron chi connectivity index (χ1n) is 14.6. The second kappa shape index (κ2) is 14.4. The summed E-state index contributed by atoms with van der Waals surface area (Å²) in [6, 6.07) is 14.8. The molecule has 1 aliphatic heterocycles. The fourth-order valence-electron chi connectivity index (χ4n) is 5.82. The van der Waals surface area contributed by atoms with Crippen molar-refractivity contribution in [1.82, 2.24) is 4.90 Å². The number of nitrogens with zero attached hydrogens (tertiary/aromatic N) is 1. The number of methoxy groups -OCH3 is 2. The van der Waals surface area contributed by atoms with Crippen molar-refractivity contribution in [3.8, 4) is 11.5 Å². The smallest absolute Gasteiger partial charge is 0.311 e. The Hall–Kier alpha value is -2.79. The molecule has 1 fully saturated rings. The Morgan fingerprint density at radius 3 is 2.32 bits per heavy atom. The molecule has 0 atom stereocenters. The van der Waals surface area contributed by atoms with E-state index in [4.69, 9.17) is 14.2 Å². The summed E-state index contributed by atoms with van der Waals surface area (Å²) < 4.78 is 17.3. The average Bonchev–Trinajstić information content (AvgIpc) is 3.26. The molecule has 2 aromatic rings. The van der Waals surface area contributed by atoms with E-state index in [1.165, 1.54) is 36.8 Å². The fraction of sp³-hybridized carbons (Fsp3) is 0.545. The van der Waals surface area contributed by atoms with Gasteiger partial charge in [0.1, 0.15) is 5.76 Å². The molecule has 1 saturated heterocycles. The molecule has 4 rings (SSSR count). The number of hydrogen-bond acceptors (Lipinski definition) is 5. The normalized spacial score (nSPS) is 16.0. The van der Waals surface area contributed by atoms with Gasteiger partial charge in [-0.15, -0.1) is 0 Å². The molecule has 0 radical (unpaired) electrons. The number of fused-ring (bicyclic) bond motifs is 1. The van der Waals surface area contributed by atoms with Crippen LogP contribution in [0.5, 0.6) is 11.5 Å². The highest BCUT2D eigenvalue weighted by Gasteiger charge is 2.30. The summed E-state index contributed by atoms with van der Waals surface area (Å²) in [5, 5.41) is 0. The summed E-state index contributed by atoms with van der Waals surface area (Å²) >= 11 is 0. The molecule has 0 aromatic heterocycles. The Labute approximate surface area is 229 Å². The molecule has 2 aliphatic rings. The van der Waals surface area contributed by atoms with Crippen LogP contribution in [0.3, 0.4) is 0 Å². The van der Waals surface area contributed by atoms with Crippen molar-refractivity contribution < 1.29 is 19.0 Å². The van der Waals surface area contributed by atoms with Gasteiger partial charge in [0, 0.05) is 18.5 Å². The van der Waals surface area contributed by atoms with Gasteiger partial charge < -0.3 is 14.2 Å². The molecule has 5 nitrogen and oxygen atoms in total. The van der Waals surface area contributed by atoms with Crippen molar-refractivity contribution in [3.05, 3.63) is 64.7 Å². The lowest BCUT2D eigenvalue weighted by Crippen LogP contribution is -2.33. The van der Waals surface area contributed by atoms with Crippen molar-refractivity contribution in [2.75, 3.05) is 27.3 Å². The van der Waals surface area contributed by atoms with Crippen molar-refractivity contribution in [1.29, 1.82) is 0 Å². The number of carbonyl (C=O) groups is 1. The molecule has 5 heteroatoms. The molecule has 0 bridgehead atoms. The second-order valence-corrected chi connectivity index (χ2v) is 10.9. The third-order valence-corrected chi connectivity index (χ3v) is 8.02. The highest BCUT2D eigenvalue weighted by Crippen LogP contribution is 2.43. The molecule has 206 valence electrons. The van der Waals surface area contributed by atoms with Gasteiger partial charge in [0.2, 0.25) is 0 Å². The van der Waals surface area contributed by atoms with Gasteiger partial charge in [-0.25, -0.2) is 0 Å². The van der Waals surface area contributed by atoms with Gasteiger partial charge in [0.25, 0.3) is 0 Å². The Kier molecular flexibility index (Phi) is 10.7. The monoisotopic (exact) mass is 519 g/mol. The maximum Gasteiger partial charge on any atom is 0.311 e. The van der Waals surface area contributed by atoms with Gasteiger partial charge in [0.05, 0.1) is 14.2 Å². The topological polar surface area (TPSA) is 48.0 Å². The first-order chi connectivity index (χ1) is 18.6. The third kappa shape index (κ3) is 7.63. The Morgan fingerprint density at radius 1 is 0.921 bits per heavy atom.